The van der Waals surface area contributed by atoms with Crippen molar-refractivity contribution in [3.05, 3.63) is 115 Å². The van der Waals surface area contributed by atoms with E-state index in [2.05, 4.69) is 15.9 Å². The molecule has 2 aliphatic rings. The second-order valence-corrected chi connectivity index (χ2v) is 9.39. The highest BCUT2D eigenvalue weighted by molar-refractivity contribution is 9.10. The summed E-state index contributed by atoms with van der Waals surface area (Å²) in [7, 11) is 0. The number of benzene rings is 3. The first-order chi connectivity index (χ1) is 17.3. The molecular weight excluding hydrogens is 552 g/mol. The van der Waals surface area contributed by atoms with Gasteiger partial charge in [-0.05, 0) is 42.0 Å². The lowest BCUT2D eigenvalue weighted by atomic mass is 9.87. The number of hydrogen-bond donors (Lipinski definition) is 1. The molecule has 0 unspecified atom stereocenters. The lowest BCUT2D eigenvalue weighted by Crippen LogP contribution is -2.29. The Morgan fingerprint density at radius 2 is 1.86 bits per heavy atom. The summed E-state index contributed by atoms with van der Waals surface area (Å²) in [6, 6.07) is 20.4. The van der Waals surface area contributed by atoms with E-state index in [4.69, 9.17) is 21.4 Å². The van der Waals surface area contributed by atoms with Gasteiger partial charge in [-0.3, -0.25) is 10.1 Å². The van der Waals surface area contributed by atoms with E-state index in [1.165, 1.54) is 12.1 Å². The Bertz CT molecular complexity index is 1410. The second-order valence-electron chi connectivity index (χ2n) is 8.04. The quantitative estimate of drug-likeness (QED) is 0.223. The molecule has 0 saturated carbocycles. The maximum Gasteiger partial charge on any atom is 0.416 e. The third-order valence-corrected chi connectivity index (χ3v) is 6.62. The number of allylic oxidation sites excluding steroid dienone is 1. The second kappa shape index (κ2) is 9.63. The first-order valence-electron chi connectivity index (χ1n) is 10.9. The number of aliphatic hydroxyl groups is 1. The summed E-state index contributed by atoms with van der Waals surface area (Å²) in [4.78, 5) is 24.3. The van der Waals surface area contributed by atoms with Gasteiger partial charge >= 0.3 is 6.09 Å². The number of carbonyl (C=O) groups is 1. The first kappa shape index (κ1) is 23.8. The number of cyclic esters (lactones) is 1. The molecule has 182 valence electrons. The number of halogens is 2. The third-order valence-electron chi connectivity index (χ3n) is 5.86. The molecule has 0 spiro atoms. The molecule has 1 saturated heterocycles. The topological polar surface area (TPSA) is 109 Å². The SMILES string of the molecule is O=C1OCCN1/C(O)=C1/[C@H](c2ccc([N+](=O)[O-])cc2)C(c2cccc(Cl)c2)=NN1c1ccc(Br)cc1. The van der Waals surface area contributed by atoms with Crippen LogP contribution in [0, 0.1) is 10.1 Å². The number of nitrogens with zero attached hydrogens (tertiary/aromatic N) is 4. The summed E-state index contributed by atoms with van der Waals surface area (Å²) >= 11 is 9.71. The van der Waals surface area contributed by atoms with Crippen molar-refractivity contribution >= 4 is 50.7 Å². The Labute approximate surface area is 219 Å². The number of hydrazone groups is 1. The molecular formula is C25H18BrClN4O5. The minimum absolute atomic E-state index is 0.0689. The Morgan fingerprint density at radius 3 is 2.47 bits per heavy atom. The number of ether oxygens (including phenoxy) is 1. The van der Waals surface area contributed by atoms with Crippen molar-refractivity contribution in [3.8, 4) is 0 Å². The fourth-order valence-electron chi connectivity index (χ4n) is 4.17. The van der Waals surface area contributed by atoms with E-state index < -0.39 is 16.9 Å². The minimum atomic E-state index is -0.679. The van der Waals surface area contributed by atoms with Crippen molar-refractivity contribution in [1.29, 1.82) is 0 Å². The molecule has 0 aromatic heterocycles. The molecule has 0 radical (unpaired) electrons. The molecule has 2 aliphatic heterocycles. The van der Waals surface area contributed by atoms with Gasteiger partial charge in [-0.1, -0.05) is 51.8 Å². The van der Waals surface area contributed by atoms with Crippen LogP contribution in [0.5, 0.6) is 0 Å². The zero-order valence-electron chi connectivity index (χ0n) is 18.5. The average molecular weight is 570 g/mol. The van der Waals surface area contributed by atoms with Crippen molar-refractivity contribution in [1.82, 2.24) is 4.90 Å². The summed E-state index contributed by atoms with van der Waals surface area (Å²) in [6.45, 7) is 0.306. The molecule has 0 aliphatic carbocycles. The monoisotopic (exact) mass is 568 g/mol. The number of aliphatic hydroxyl groups excluding tert-OH is 1. The maximum absolute atomic E-state index is 12.4. The van der Waals surface area contributed by atoms with Gasteiger partial charge in [0.1, 0.15) is 12.3 Å². The molecule has 3 aromatic carbocycles. The van der Waals surface area contributed by atoms with E-state index in [1.54, 1.807) is 35.3 Å². The number of anilines is 1. The third kappa shape index (κ3) is 4.40. The lowest BCUT2D eigenvalue weighted by molar-refractivity contribution is -0.384. The first-order valence-corrected chi connectivity index (χ1v) is 12.0. The summed E-state index contributed by atoms with van der Waals surface area (Å²) in [5.74, 6) is -0.995. The van der Waals surface area contributed by atoms with Gasteiger partial charge < -0.3 is 9.84 Å². The molecule has 0 bridgehead atoms. The Hall–Kier alpha value is -3.89. The van der Waals surface area contributed by atoms with E-state index >= 15 is 0 Å². The Kier molecular flexibility index (Phi) is 6.38. The van der Waals surface area contributed by atoms with Gasteiger partial charge in [0.05, 0.1) is 28.8 Å². The van der Waals surface area contributed by atoms with Crippen molar-refractivity contribution in [2.45, 2.75) is 5.92 Å². The van der Waals surface area contributed by atoms with Crippen molar-refractivity contribution in [3.63, 3.8) is 0 Å². The van der Waals surface area contributed by atoms with Crippen LogP contribution in [-0.2, 0) is 4.74 Å². The molecule has 9 nitrogen and oxygen atoms in total. The standard InChI is InChI=1S/C25H18BrClN4O5/c26-17-6-10-19(11-7-17)30-23(24(32)29-12-13-36-25(29)33)21(15-4-8-20(9-5-15)31(34)35)22(28-30)16-2-1-3-18(27)14-16/h1-11,14,21,32H,12-13H2/b24-23+/t21-/m1/s1. The molecule has 2 heterocycles. The van der Waals surface area contributed by atoms with Crippen molar-refractivity contribution in [2.75, 3.05) is 18.2 Å². The van der Waals surface area contributed by atoms with Crippen molar-refractivity contribution < 1.29 is 19.6 Å². The summed E-state index contributed by atoms with van der Waals surface area (Å²) in [6.07, 6.45) is -0.672. The van der Waals surface area contributed by atoms with Gasteiger partial charge in [0, 0.05) is 27.2 Å². The maximum atomic E-state index is 12.4. The van der Waals surface area contributed by atoms with Crippen molar-refractivity contribution in [2.24, 2.45) is 5.10 Å². The number of hydrogen-bond acceptors (Lipinski definition) is 7. The van der Waals surface area contributed by atoms with Crippen LogP contribution < -0.4 is 5.01 Å². The van der Waals surface area contributed by atoms with Crippen LogP contribution in [0.4, 0.5) is 16.2 Å². The van der Waals surface area contributed by atoms with Gasteiger partial charge in [0.15, 0.2) is 0 Å². The van der Waals surface area contributed by atoms with E-state index in [0.717, 1.165) is 9.37 Å². The smallest absolute Gasteiger partial charge is 0.416 e. The summed E-state index contributed by atoms with van der Waals surface area (Å²) in [5, 5.41) is 29.6. The van der Waals surface area contributed by atoms with Gasteiger partial charge in [0.2, 0.25) is 5.88 Å². The fraction of sp³-hybridized carbons (Fsp3) is 0.120. The van der Waals surface area contributed by atoms with E-state index in [-0.39, 0.29) is 24.7 Å². The highest BCUT2D eigenvalue weighted by Crippen LogP contribution is 2.42. The highest BCUT2D eigenvalue weighted by atomic mass is 79.9. The number of nitro benzene ring substituents is 1. The summed E-state index contributed by atoms with van der Waals surface area (Å²) in [5.41, 5.74) is 2.74. The van der Waals surface area contributed by atoms with Crippen LogP contribution in [0.1, 0.15) is 17.0 Å². The molecule has 1 N–H and O–H groups in total. The zero-order valence-corrected chi connectivity index (χ0v) is 20.9. The highest BCUT2D eigenvalue weighted by Gasteiger charge is 2.41. The van der Waals surface area contributed by atoms with E-state index in [0.29, 0.717) is 33.2 Å². The number of non-ortho nitro benzene ring substituents is 1. The van der Waals surface area contributed by atoms with Crippen LogP contribution in [0.2, 0.25) is 5.02 Å². The average Bonchev–Trinajstić information content (AvgIpc) is 3.48. The molecule has 3 aromatic rings. The summed E-state index contributed by atoms with van der Waals surface area (Å²) < 4.78 is 5.91. The molecule has 11 heteroatoms. The largest absolute Gasteiger partial charge is 0.493 e. The molecule has 1 atom stereocenters. The van der Waals surface area contributed by atoms with Crippen LogP contribution >= 0.6 is 27.5 Å². The van der Waals surface area contributed by atoms with Gasteiger partial charge in [-0.2, -0.15) is 5.10 Å². The normalized spacial score (nSPS) is 18.8. The lowest BCUT2D eigenvalue weighted by Gasteiger charge is -2.24. The molecule has 1 amide bonds. The minimum Gasteiger partial charge on any atom is -0.493 e. The van der Waals surface area contributed by atoms with Gasteiger partial charge in [-0.15, -0.1) is 0 Å². The number of carbonyl (C=O) groups excluding carboxylic acids is 1. The van der Waals surface area contributed by atoms with E-state index in [1.807, 2.05) is 30.3 Å². The number of rotatable bonds is 5. The zero-order chi connectivity index (χ0) is 25.4. The van der Waals surface area contributed by atoms with Crippen LogP contribution in [0.3, 0.4) is 0 Å². The number of amides is 1. The number of nitro groups is 1. The molecule has 36 heavy (non-hydrogen) atoms. The fourth-order valence-corrected chi connectivity index (χ4v) is 4.63. The molecule has 5 rings (SSSR count). The van der Waals surface area contributed by atoms with Crippen LogP contribution in [-0.4, -0.2) is 39.9 Å². The Morgan fingerprint density at radius 1 is 1.14 bits per heavy atom. The predicted molar refractivity (Wildman–Crippen MR) is 138 cm³/mol. The van der Waals surface area contributed by atoms with Gasteiger partial charge in [-0.25, -0.2) is 14.7 Å². The van der Waals surface area contributed by atoms with E-state index in [9.17, 15) is 20.0 Å². The molecule has 1 fully saturated rings. The van der Waals surface area contributed by atoms with Gasteiger partial charge in [0.25, 0.3) is 5.69 Å². The van der Waals surface area contributed by atoms with Crippen LogP contribution in [0.25, 0.3) is 0 Å². The predicted octanol–water partition coefficient (Wildman–Crippen LogP) is 6.20. The Balaban J connectivity index is 1.74. The van der Waals surface area contributed by atoms with Crippen LogP contribution in [0.15, 0.2) is 94.0 Å².